The summed E-state index contributed by atoms with van der Waals surface area (Å²) in [6.45, 7) is 4.84. The van der Waals surface area contributed by atoms with Crippen molar-refractivity contribution < 1.29 is 4.74 Å². The van der Waals surface area contributed by atoms with Crippen LogP contribution in [0.5, 0.6) is 5.75 Å². The third-order valence-corrected chi connectivity index (χ3v) is 3.72. The fourth-order valence-electron chi connectivity index (χ4n) is 1.58. The second-order valence-electron chi connectivity index (χ2n) is 4.09. The predicted octanol–water partition coefficient (Wildman–Crippen LogP) is 4.67. The van der Waals surface area contributed by atoms with Crippen molar-refractivity contribution in [3.05, 3.63) is 64.4 Å². The monoisotopic (exact) mass is 352 g/mol. The maximum Gasteiger partial charge on any atom is 0.143 e. The highest BCUT2D eigenvalue weighted by molar-refractivity contribution is 9.10. The van der Waals surface area contributed by atoms with Gasteiger partial charge in [-0.15, -0.1) is 0 Å². The lowest BCUT2D eigenvalue weighted by atomic mass is 10.2. The molecule has 0 saturated carbocycles. The number of halogens is 2. The highest BCUT2D eigenvalue weighted by Gasteiger charge is 2.01. The summed E-state index contributed by atoms with van der Waals surface area (Å²) >= 11 is 9.20. The number of aromatic nitrogens is 1. The average molecular weight is 354 g/mol. The maximum absolute atomic E-state index is 5.85. The van der Waals surface area contributed by atoms with Gasteiger partial charge in [0.05, 0.1) is 16.4 Å². The van der Waals surface area contributed by atoms with E-state index in [1.54, 1.807) is 12.3 Å². The van der Waals surface area contributed by atoms with Crippen molar-refractivity contribution in [2.45, 2.75) is 6.54 Å². The number of hydrogen-bond acceptors (Lipinski definition) is 3. The maximum atomic E-state index is 5.85. The minimum absolute atomic E-state index is 0.458. The molecular weight excluding hydrogens is 340 g/mol. The summed E-state index contributed by atoms with van der Waals surface area (Å²) < 4.78 is 6.21. The normalized spacial score (nSPS) is 10.1. The molecule has 0 aliphatic rings. The Morgan fingerprint density at radius 3 is 2.75 bits per heavy atom. The molecule has 5 heteroatoms. The van der Waals surface area contributed by atoms with Crippen LogP contribution in [0.2, 0.25) is 5.15 Å². The highest BCUT2D eigenvalue weighted by atomic mass is 79.9. The number of anilines is 1. The summed E-state index contributed by atoms with van der Waals surface area (Å²) in [4.78, 5) is 4.07. The largest absolute Gasteiger partial charge is 0.490 e. The van der Waals surface area contributed by atoms with Gasteiger partial charge in [0.25, 0.3) is 0 Å². The van der Waals surface area contributed by atoms with Crippen molar-refractivity contribution >= 4 is 33.2 Å². The van der Waals surface area contributed by atoms with Crippen LogP contribution in [0.1, 0.15) is 5.56 Å². The van der Waals surface area contributed by atoms with E-state index in [4.69, 9.17) is 16.3 Å². The molecule has 0 aliphatic carbocycles. The Hall–Kier alpha value is -1.52. The molecule has 1 aromatic heterocycles. The molecule has 1 N–H and O–H groups in total. The van der Waals surface area contributed by atoms with E-state index in [2.05, 4.69) is 32.8 Å². The molecule has 3 nitrogen and oxygen atoms in total. The summed E-state index contributed by atoms with van der Waals surface area (Å²) in [7, 11) is 0. The van der Waals surface area contributed by atoms with E-state index in [9.17, 15) is 0 Å². The van der Waals surface area contributed by atoms with Gasteiger partial charge in [-0.3, -0.25) is 0 Å². The highest BCUT2D eigenvalue weighted by Crippen LogP contribution is 2.23. The Labute approximate surface area is 131 Å². The molecule has 0 radical (unpaired) electrons. The quantitative estimate of drug-likeness (QED) is 0.605. The van der Waals surface area contributed by atoms with E-state index in [1.807, 2.05) is 30.3 Å². The third-order valence-electron chi connectivity index (χ3n) is 2.58. The predicted molar refractivity (Wildman–Crippen MR) is 86.4 cm³/mol. The van der Waals surface area contributed by atoms with Crippen molar-refractivity contribution in [3.63, 3.8) is 0 Å². The summed E-state index contributed by atoms with van der Waals surface area (Å²) in [5, 5.41) is 3.74. The Bertz CT molecular complexity index is 587. The molecule has 0 fully saturated rings. The first-order valence-electron chi connectivity index (χ1n) is 6.06. The minimum atomic E-state index is 0.458. The Morgan fingerprint density at radius 1 is 1.35 bits per heavy atom. The first-order chi connectivity index (χ1) is 9.69. The molecule has 0 unspecified atom stereocenters. The minimum Gasteiger partial charge on any atom is -0.490 e. The van der Waals surface area contributed by atoms with Crippen molar-refractivity contribution in [2.75, 3.05) is 11.9 Å². The second-order valence-corrected chi connectivity index (χ2v) is 5.31. The van der Waals surface area contributed by atoms with E-state index in [1.165, 1.54) is 0 Å². The van der Waals surface area contributed by atoms with E-state index >= 15 is 0 Å². The van der Waals surface area contributed by atoms with Crippen LogP contribution in [0.25, 0.3) is 0 Å². The molecule has 2 rings (SSSR count). The molecule has 0 aliphatic heterocycles. The van der Waals surface area contributed by atoms with Crippen molar-refractivity contribution in [3.8, 4) is 5.75 Å². The Kier molecular flexibility index (Phi) is 5.44. The van der Waals surface area contributed by atoms with Gasteiger partial charge in [-0.05, 0) is 39.7 Å². The van der Waals surface area contributed by atoms with Gasteiger partial charge < -0.3 is 10.1 Å². The van der Waals surface area contributed by atoms with Crippen LogP contribution in [0, 0.1) is 0 Å². The van der Waals surface area contributed by atoms with Crippen LogP contribution in [-0.4, -0.2) is 11.6 Å². The second kappa shape index (κ2) is 7.31. The summed E-state index contributed by atoms with van der Waals surface area (Å²) in [6, 6.07) is 9.82. The van der Waals surface area contributed by atoms with Gasteiger partial charge in [-0.1, -0.05) is 36.4 Å². The number of benzene rings is 1. The van der Waals surface area contributed by atoms with Gasteiger partial charge in [-0.25, -0.2) is 4.98 Å². The van der Waals surface area contributed by atoms with Crippen LogP contribution in [0.15, 0.2) is 53.7 Å². The SMILES string of the molecule is C=CCOc1ccc(CNc2cnc(Cl)c(Br)c2)cc1. The molecule has 1 aromatic carbocycles. The molecule has 1 heterocycles. The molecule has 0 atom stereocenters. The Balaban J connectivity index is 1.93. The first kappa shape index (κ1) is 14.9. The van der Waals surface area contributed by atoms with Crippen LogP contribution in [0.3, 0.4) is 0 Å². The molecule has 104 valence electrons. The van der Waals surface area contributed by atoms with E-state index < -0.39 is 0 Å². The van der Waals surface area contributed by atoms with Crippen molar-refractivity contribution in [2.24, 2.45) is 0 Å². The fraction of sp³-hybridized carbons (Fsp3) is 0.133. The number of rotatable bonds is 6. The van der Waals surface area contributed by atoms with Gasteiger partial charge in [0, 0.05) is 6.54 Å². The molecular formula is C15H14BrClN2O. The molecule has 0 saturated heterocycles. The van der Waals surface area contributed by atoms with E-state index in [0.29, 0.717) is 18.3 Å². The standard InChI is InChI=1S/C15H14BrClN2O/c1-2-7-20-13-5-3-11(4-6-13)9-18-12-8-14(16)15(17)19-10-12/h2-6,8,10,18H,1,7,9H2. The van der Waals surface area contributed by atoms with Gasteiger partial charge in [0.1, 0.15) is 17.5 Å². The lowest BCUT2D eigenvalue weighted by Gasteiger charge is -2.08. The lowest BCUT2D eigenvalue weighted by molar-refractivity contribution is 0.363. The van der Waals surface area contributed by atoms with Crippen LogP contribution >= 0.6 is 27.5 Å². The number of hydrogen-bond donors (Lipinski definition) is 1. The zero-order valence-electron chi connectivity index (χ0n) is 10.8. The van der Waals surface area contributed by atoms with Crippen LogP contribution in [0.4, 0.5) is 5.69 Å². The Morgan fingerprint density at radius 2 is 2.10 bits per heavy atom. The van der Waals surface area contributed by atoms with E-state index in [0.717, 1.165) is 21.5 Å². The van der Waals surface area contributed by atoms with Crippen LogP contribution in [-0.2, 0) is 6.54 Å². The third kappa shape index (κ3) is 4.25. The molecule has 20 heavy (non-hydrogen) atoms. The van der Waals surface area contributed by atoms with Crippen molar-refractivity contribution in [1.29, 1.82) is 0 Å². The summed E-state index contributed by atoms with van der Waals surface area (Å²) in [5.41, 5.74) is 2.07. The summed E-state index contributed by atoms with van der Waals surface area (Å²) in [5.74, 6) is 0.838. The van der Waals surface area contributed by atoms with E-state index in [-0.39, 0.29) is 0 Å². The lowest BCUT2D eigenvalue weighted by Crippen LogP contribution is -2.00. The topological polar surface area (TPSA) is 34.1 Å². The van der Waals surface area contributed by atoms with Gasteiger partial charge >= 0.3 is 0 Å². The number of ether oxygens (including phenoxy) is 1. The molecule has 0 bridgehead atoms. The van der Waals surface area contributed by atoms with Gasteiger partial charge in [-0.2, -0.15) is 0 Å². The van der Waals surface area contributed by atoms with Gasteiger partial charge in [0.15, 0.2) is 0 Å². The first-order valence-corrected chi connectivity index (χ1v) is 7.23. The number of nitrogens with one attached hydrogen (secondary N) is 1. The van der Waals surface area contributed by atoms with Crippen LogP contribution < -0.4 is 10.1 Å². The number of pyridine rings is 1. The van der Waals surface area contributed by atoms with Gasteiger partial charge in [0.2, 0.25) is 0 Å². The number of nitrogens with zero attached hydrogens (tertiary/aromatic N) is 1. The zero-order valence-corrected chi connectivity index (χ0v) is 13.1. The molecule has 0 amide bonds. The zero-order chi connectivity index (χ0) is 14.4. The smallest absolute Gasteiger partial charge is 0.143 e. The fourth-order valence-corrected chi connectivity index (χ4v) is 2.03. The summed E-state index contributed by atoms with van der Waals surface area (Å²) in [6.07, 6.45) is 3.43. The van der Waals surface area contributed by atoms with Crippen molar-refractivity contribution in [1.82, 2.24) is 4.98 Å². The average Bonchev–Trinajstić information content (AvgIpc) is 2.47. The molecule has 2 aromatic rings. The molecule has 0 spiro atoms.